The van der Waals surface area contributed by atoms with E-state index < -0.39 is 38.4 Å². The molecular weight excluding hydrogens is 329 g/mol. The molecule has 0 amide bonds. The van der Waals surface area contributed by atoms with Crippen molar-refractivity contribution in [3.63, 3.8) is 0 Å². The highest BCUT2D eigenvalue weighted by molar-refractivity contribution is 7.89. The highest BCUT2D eigenvalue weighted by Crippen LogP contribution is 2.36. The minimum absolute atomic E-state index is 0. The molecule has 1 unspecified atom stereocenters. The molecule has 1 aliphatic rings. The topological polar surface area (TPSA) is 63.4 Å². The fraction of sp³-hybridized carbons (Fsp3) is 0.500. The summed E-state index contributed by atoms with van der Waals surface area (Å²) < 4.78 is 65.6. The summed E-state index contributed by atoms with van der Waals surface area (Å²) in [6.45, 7) is 0.0603. The van der Waals surface area contributed by atoms with E-state index in [0.717, 1.165) is 17.1 Å². The summed E-state index contributed by atoms with van der Waals surface area (Å²) >= 11 is 0. The summed E-state index contributed by atoms with van der Waals surface area (Å²) in [6.07, 6.45) is 1.66. The number of rotatable bonds is 5. The van der Waals surface area contributed by atoms with Crippen molar-refractivity contribution in [2.75, 3.05) is 13.6 Å². The van der Waals surface area contributed by atoms with Gasteiger partial charge in [-0.1, -0.05) is 0 Å². The lowest BCUT2D eigenvalue weighted by atomic mass is 10.2. The number of benzene rings is 1. The summed E-state index contributed by atoms with van der Waals surface area (Å²) in [5, 5.41) is 0. The van der Waals surface area contributed by atoms with Crippen molar-refractivity contribution in [1.82, 2.24) is 4.31 Å². The van der Waals surface area contributed by atoms with Crippen LogP contribution in [0.15, 0.2) is 17.0 Å². The Hall–Kier alpha value is -0.830. The summed E-state index contributed by atoms with van der Waals surface area (Å²) in [5.41, 5.74) is 5.54. The Kier molecular flexibility index (Phi) is 5.65. The Morgan fingerprint density at radius 3 is 2.14 bits per heavy atom. The van der Waals surface area contributed by atoms with Gasteiger partial charge in [0.25, 0.3) is 0 Å². The molecular formula is C12H16ClF3N2O2S. The highest BCUT2D eigenvalue weighted by atomic mass is 35.5. The highest BCUT2D eigenvalue weighted by Gasteiger charge is 2.40. The second-order valence-electron chi connectivity index (χ2n) is 4.86. The van der Waals surface area contributed by atoms with Crippen LogP contribution in [0.25, 0.3) is 0 Å². The molecule has 0 bridgehead atoms. The van der Waals surface area contributed by atoms with Crippen molar-refractivity contribution < 1.29 is 21.6 Å². The minimum Gasteiger partial charge on any atom is -0.329 e. The lowest BCUT2D eigenvalue weighted by molar-refractivity contribution is 0.336. The van der Waals surface area contributed by atoms with Gasteiger partial charge in [0.15, 0.2) is 4.90 Å². The number of hydrogen-bond donors (Lipinski definition) is 1. The first-order chi connectivity index (χ1) is 9.28. The maximum atomic E-state index is 13.6. The number of nitrogens with two attached hydrogens (primary N) is 1. The first-order valence-electron chi connectivity index (χ1n) is 6.11. The monoisotopic (exact) mass is 344 g/mol. The van der Waals surface area contributed by atoms with Gasteiger partial charge in [-0.05, 0) is 18.8 Å². The van der Waals surface area contributed by atoms with E-state index in [-0.39, 0.29) is 24.9 Å². The molecule has 0 saturated heterocycles. The van der Waals surface area contributed by atoms with Gasteiger partial charge in [0, 0.05) is 31.8 Å². The predicted molar refractivity (Wildman–Crippen MR) is 74.1 cm³/mol. The van der Waals surface area contributed by atoms with Crippen LogP contribution in [0.4, 0.5) is 13.2 Å². The molecule has 0 heterocycles. The number of sulfonamides is 1. The summed E-state index contributed by atoms with van der Waals surface area (Å²) in [5.74, 6) is -3.95. The minimum atomic E-state index is -4.40. The van der Waals surface area contributed by atoms with Gasteiger partial charge in [-0.15, -0.1) is 12.4 Å². The third kappa shape index (κ3) is 3.50. The summed E-state index contributed by atoms with van der Waals surface area (Å²) in [6, 6.07) is 0.181. The maximum Gasteiger partial charge on any atom is 0.248 e. The van der Waals surface area contributed by atoms with E-state index in [2.05, 4.69) is 0 Å². The van der Waals surface area contributed by atoms with Crippen molar-refractivity contribution in [3.05, 3.63) is 29.6 Å². The van der Waals surface area contributed by atoms with Crippen LogP contribution in [0.3, 0.4) is 0 Å². The van der Waals surface area contributed by atoms with Crippen LogP contribution < -0.4 is 5.73 Å². The molecule has 0 aromatic heterocycles. The second-order valence-corrected chi connectivity index (χ2v) is 6.79. The molecule has 1 saturated carbocycles. The Labute approximate surface area is 127 Å². The lowest BCUT2D eigenvalue weighted by Gasteiger charge is -2.26. The molecule has 2 N–H and O–H groups in total. The van der Waals surface area contributed by atoms with Gasteiger partial charge < -0.3 is 5.73 Å². The first kappa shape index (κ1) is 18.2. The van der Waals surface area contributed by atoms with Gasteiger partial charge in [0.05, 0.1) is 0 Å². The molecule has 2 rings (SSSR count). The fourth-order valence-electron chi connectivity index (χ4n) is 2.22. The van der Waals surface area contributed by atoms with E-state index in [1.165, 1.54) is 7.05 Å². The zero-order valence-corrected chi connectivity index (χ0v) is 12.9. The summed E-state index contributed by atoms with van der Waals surface area (Å²) in [7, 11) is -3.17. The number of hydrogen-bond acceptors (Lipinski definition) is 3. The molecule has 0 radical (unpaired) electrons. The average Bonchev–Trinajstić information content (AvgIpc) is 3.12. The van der Waals surface area contributed by atoms with Crippen LogP contribution in [0.2, 0.25) is 0 Å². The van der Waals surface area contributed by atoms with E-state index in [1.54, 1.807) is 0 Å². The lowest BCUT2D eigenvalue weighted by Crippen LogP contribution is -2.43. The van der Waals surface area contributed by atoms with Crippen molar-refractivity contribution in [2.24, 2.45) is 11.7 Å². The van der Waals surface area contributed by atoms with E-state index >= 15 is 0 Å². The maximum absolute atomic E-state index is 13.6. The van der Waals surface area contributed by atoms with Gasteiger partial charge in [-0.25, -0.2) is 21.6 Å². The molecule has 9 heteroatoms. The molecule has 120 valence electrons. The molecule has 4 nitrogen and oxygen atoms in total. The Balaban J connectivity index is 0.00000220. The summed E-state index contributed by atoms with van der Waals surface area (Å²) in [4.78, 5) is -1.14. The van der Waals surface area contributed by atoms with Crippen LogP contribution in [0.1, 0.15) is 12.8 Å². The smallest absolute Gasteiger partial charge is 0.248 e. The van der Waals surface area contributed by atoms with Crippen LogP contribution in [-0.4, -0.2) is 32.4 Å². The molecule has 0 aliphatic heterocycles. The van der Waals surface area contributed by atoms with E-state index in [1.807, 2.05) is 0 Å². The van der Waals surface area contributed by atoms with Gasteiger partial charge >= 0.3 is 0 Å². The number of likely N-dealkylation sites (N-methyl/N-ethyl adjacent to an activating group) is 1. The van der Waals surface area contributed by atoms with Crippen molar-refractivity contribution in [3.8, 4) is 0 Å². The molecule has 1 fully saturated rings. The quantitative estimate of drug-likeness (QED) is 0.887. The van der Waals surface area contributed by atoms with Crippen molar-refractivity contribution in [2.45, 2.75) is 23.8 Å². The Bertz CT molecular complexity index is 600. The van der Waals surface area contributed by atoms with Crippen molar-refractivity contribution >= 4 is 22.4 Å². The Morgan fingerprint density at radius 2 is 1.76 bits per heavy atom. The first-order valence-corrected chi connectivity index (χ1v) is 7.55. The van der Waals surface area contributed by atoms with Gasteiger partial charge in [-0.2, -0.15) is 4.31 Å². The van der Waals surface area contributed by atoms with E-state index in [0.29, 0.717) is 12.1 Å². The van der Waals surface area contributed by atoms with Crippen LogP contribution in [0.5, 0.6) is 0 Å². The Morgan fingerprint density at radius 1 is 1.29 bits per heavy atom. The van der Waals surface area contributed by atoms with Crippen LogP contribution >= 0.6 is 12.4 Å². The van der Waals surface area contributed by atoms with Crippen molar-refractivity contribution in [1.29, 1.82) is 0 Å². The number of halogens is 4. The third-order valence-corrected chi connectivity index (χ3v) is 5.41. The van der Waals surface area contributed by atoms with Gasteiger partial charge in [0.1, 0.15) is 17.5 Å². The van der Waals surface area contributed by atoms with Crippen LogP contribution in [0, 0.1) is 23.4 Å². The fourth-order valence-corrected chi connectivity index (χ4v) is 3.73. The standard InChI is InChI=1S/C12H15F3N2O2S.ClH/c1-17(11(6-16)7-2-3-7)20(18,19)12-9(14)4-8(13)5-10(12)15;/h4-5,7,11H,2-3,6,16H2,1H3;1H. The zero-order chi connectivity index (χ0) is 15.1. The third-order valence-electron chi connectivity index (χ3n) is 3.47. The van der Waals surface area contributed by atoms with Gasteiger partial charge in [-0.3, -0.25) is 0 Å². The van der Waals surface area contributed by atoms with Gasteiger partial charge in [0.2, 0.25) is 10.0 Å². The largest absolute Gasteiger partial charge is 0.329 e. The molecule has 1 aromatic rings. The normalized spacial score (nSPS) is 16.7. The van der Waals surface area contributed by atoms with E-state index in [9.17, 15) is 21.6 Å². The number of nitrogens with zero attached hydrogens (tertiary/aromatic N) is 1. The second kappa shape index (κ2) is 6.51. The molecule has 1 aliphatic carbocycles. The molecule has 1 aromatic carbocycles. The zero-order valence-electron chi connectivity index (χ0n) is 11.2. The predicted octanol–water partition coefficient (Wildman–Crippen LogP) is 1.88. The molecule has 1 atom stereocenters. The van der Waals surface area contributed by atoms with Crippen LogP contribution in [-0.2, 0) is 10.0 Å². The average molecular weight is 345 g/mol. The van der Waals surface area contributed by atoms with E-state index in [4.69, 9.17) is 5.73 Å². The SMILES string of the molecule is CN(C(CN)C1CC1)S(=O)(=O)c1c(F)cc(F)cc1F.Cl. The molecule has 0 spiro atoms. The molecule has 21 heavy (non-hydrogen) atoms.